The lowest BCUT2D eigenvalue weighted by Gasteiger charge is -2.30. The van der Waals surface area contributed by atoms with E-state index < -0.39 is 10.0 Å². The maximum atomic E-state index is 13.3. The van der Waals surface area contributed by atoms with Crippen molar-refractivity contribution in [3.8, 4) is 22.9 Å². The van der Waals surface area contributed by atoms with E-state index in [2.05, 4.69) is 10.1 Å². The van der Waals surface area contributed by atoms with Crippen LogP contribution in [0.2, 0.25) is 0 Å². The minimum atomic E-state index is -3.73. The van der Waals surface area contributed by atoms with Gasteiger partial charge in [-0.05, 0) is 49.2 Å². The molecule has 0 saturated carbocycles. The molecule has 10 heteroatoms. The van der Waals surface area contributed by atoms with Crippen LogP contribution in [0.15, 0.2) is 51.9 Å². The molecule has 1 saturated heterocycles. The number of rotatable bonds is 4. The molecule has 1 aromatic heterocycles. The molecule has 32 heavy (non-hydrogen) atoms. The molecule has 2 aliphatic rings. The summed E-state index contributed by atoms with van der Waals surface area (Å²) >= 11 is 0. The first kappa shape index (κ1) is 20.9. The number of benzene rings is 2. The molecule has 168 valence electrons. The molecule has 0 bridgehead atoms. The Morgan fingerprint density at radius 2 is 1.78 bits per heavy atom. The van der Waals surface area contributed by atoms with Crippen LogP contribution in [0.5, 0.6) is 11.5 Å². The van der Waals surface area contributed by atoms with Crippen LogP contribution < -0.4 is 9.47 Å². The first-order valence-corrected chi connectivity index (χ1v) is 11.9. The van der Waals surface area contributed by atoms with Gasteiger partial charge >= 0.3 is 0 Å². The zero-order chi connectivity index (χ0) is 22.1. The van der Waals surface area contributed by atoms with Gasteiger partial charge in [-0.3, -0.25) is 0 Å². The van der Waals surface area contributed by atoms with E-state index in [0.29, 0.717) is 55.0 Å². The highest BCUT2D eigenvalue weighted by atomic mass is 32.2. The van der Waals surface area contributed by atoms with Gasteiger partial charge in [-0.2, -0.15) is 9.29 Å². The first-order chi connectivity index (χ1) is 15.5. The molecule has 1 atom stereocenters. The maximum absolute atomic E-state index is 13.3. The summed E-state index contributed by atoms with van der Waals surface area (Å²) in [4.78, 5) is 4.60. The average Bonchev–Trinajstić information content (AvgIpc) is 3.18. The van der Waals surface area contributed by atoms with Crippen LogP contribution in [-0.4, -0.2) is 49.2 Å². The minimum absolute atomic E-state index is 0.167. The number of aromatic nitrogens is 2. The molecule has 1 fully saturated rings. The van der Waals surface area contributed by atoms with Crippen molar-refractivity contribution in [1.82, 2.24) is 14.4 Å². The van der Waals surface area contributed by atoms with Gasteiger partial charge in [0.2, 0.25) is 21.7 Å². The van der Waals surface area contributed by atoms with Gasteiger partial charge in [-0.15, -0.1) is 0 Å². The fraction of sp³-hybridized carbons (Fsp3) is 0.364. The van der Waals surface area contributed by atoms with E-state index in [4.69, 9.17) is 14.0 Å². The first-order valence-electron chi connectivity index (χ1n) is 10.5. The topological polar surface area (TPSA) is 94.8 Å². The van der Waals surface area contributed by atoms with Crippen molar-refractivity contribution in [2.24, 2.45) is 0 Å². The number of hydrogen-bond acceptors (Lipinski definition) is 7. The third-order valence-corrected chi connectivity index (χ3v) is 7.50. The molecule has 3 aromatic rings. The van der Waals surface area contributed by atoms with Gasteiger partial charge in [0.25, 0.3) is 0 Å². The van der Waals surface area contributed by atoms with Gasteiger partial charge in [0.1, 0.15) is 5.82 Å². The van der Waals surface area contributed by atoms with E-state index in [1.54, 1.807) is 24.3 Å². The van der Waals surface area contributed by atoms with E-state index in [-0.39, 0.29) is 23.2 Å². The second kappa shape index (κ2) is 8.51. The molecule has 5 rings (SSSR count). The summed E-state index contributed by atoms with van der Waals surface area (Å²) in [7, 11) is -3.73. The number of sulfonamides is 1. The van der Waals surface area contributed by atoms with Gasteiger partial charge < -0.3 is 14.0 Å². The second-order valence-corrected chi connectivity index (χ2v) is 9.76. The predicted molar refractivity (Wildman–Crippen MR) is 112 cm³/mol. The van der Waals surface area contributed by atoms with E-state index in [1.807, 2.05) is 0 Å². The molecular weight excluding hydrogens is 437 g/mol. The summed E-state index contributed by atoms with van der Waals surface area (Å²) < 4.78 is 57.9. The summed E-state index contributed by atoms with van der Waals surface area (Å²) in [6, 6.07) is 10.5. The number of halogens is 1. The molecule has 0 spiro atoms. The Bertz CT molecular complexity index is 1210. The molecular formula is C22H22FN3O5S. The highest BCUT2D eigenvalue weighted by Crippen LogP contribution is 2.35. The van der Waals surface area contributed by atoms with Gasteiger partial charge in [0.15, 0.2) is 11.5 Å². The molecule has 0 aliphatic carbocycles. The van der Waals surface area contributed by atoms with Crippen LogP contribution in [0.1, 0.15) is 31.1 Å². The Hall–Kier alpha value is -2.98. The quantitative estimate of drug-likeness (QED) is 0.588. The van der Waals surface area contributed by atoms with Crippen LogP contribution in [-0.2, 0) is 10.0 Å². The Morgan fingerprint density at radius 3 is 2.59 bits per heavy atom. The molecule has 1 unspecified atom stereocenters. The van der Waals surface area contributed by atoms with Crippen LogP contribution in [0.3, 0.4) is 0 Å². The largest absolute Gasteiger partial charge is 0.490 e. The van der Waals surface area contributed by atoms with Crippen molar-refractivity contribution in [2.75, 3.05) is 26.3 Å². The monoisotopic (exact) mass is 459 g/mol. The maximum Gasteiger partial charge on any atom is 0.243 e. The lowest BCUT2D eigenvalue weighted by molar-refractivity contribution is 0.265. The lowest BCUT2D eigenvalue weighted by Crippen LogP contribution is -2.39. The fourth-order valence-corrected chi connectivity index (χ4v) is 5.47. The normalized spacial score (nSPS) is 19.5. The van der Waals surface area contributed by atoms with Crippen molar-refractivity contribution >= 4 is 10.0 Å². The SMILES string of the molecule is O=S(=O)(c1ccc2c(c1)OCCCO2)N1CCCC(c2nc(-c3ccc(F)cc3)no2)C1. The van der Waals surface area contributed by atoms with Crippen molar-refractivity contribution in [3.63, 3.8) is 0 Å². The van der Waals surface area contributed by atoms with E-state index in [0.717, 1.165) is 12.8 Å². The number of piperidine rings is 1. The van der Waals surface area contributed by atoms with Crippen molar-refractivity contribution in [3.05, 3.63) is 54.2 Å². The van der Waals surface area contributed by atoms with Gasteiger partial charge in [-0.1, -0.05) is 5.16 Å². The van der Waals surface area contributed by atoms with E-state index >= 15 is 0 Å². The molecule has 3 heterocycles. The zero-order valence-electron chi connectivity index (χ0n) is 17.2. The Labute approximate surface area is 185 Å². The van der Waals surface area contributed by atoms with Crippen molar-refractivity contribution in [2.45, 2.75) is 30.1 Å². The third-order valence-electron chi connectivity index (χ3n) is 5.63. The zero-order valence-corrected chi connectivity index (χ0v) is 18.1. The van der Waals surface area contributed by atoms with Crippen LogP contribution >= 0.6 is 0 Å². The average molecular weight is 459 g/mol. The molecule has 0 radical (unpaired) electrons. The van der Waals surface area contributed by atoms with Crippen LogP contribution in [0.4, 0.5) is 4.39 Å². The van der Waals surface area contributed by atoms with Crippen LogP contribution in [0, 0.1) is 5.82 Å². The molecule has 0 N–H and O–H groups in total. The highest BCUT2D eigenvalue weighted by Gasteiger charge is 2.34. The Balaban J connectivity index is 1.36. The predicted octanol–water partition coefficient (Wildman–Crippen LogP) is 3.61. The van der Waals surface area contributed by atoms with Crippen molar-refractivity contribution in [1.29, 1.82) is 0 Å². The van der Waals surface area contributed by atoms with Crippen LogP contribution in [0.25, 0.3) is 11.4 Å². The fourth-order valence-electron chi connectivity index (χ4n) is 3.93. The number of fused-ring (bicyclic) bond motifs is 1. The molecule has 2 aromatic carbocycles. The van der Waals surface area contributed by atoms with Crippen molar-refractivity contribution < 1.29 is 26.8 Å². The summed E-state index contributed by atoms with van der Waals surface area (Å²) in [5.41, 5.74) is 0.633. The standard InChI is InChI=1S/C22H22FN3O5S/c23-17-6-4-15(5-7-17)21-24-22(31-25-21)16-3-1-10-26(14-16)32(27,28)18-8-9-19-20(13-18)30-12-2-11-29-19/h4-9,13,16H,1-3,10-12,14H2. The smallest absolute Gasteiger partial charge is 0.243 e. The number of ether oxygens (including phenoxy) is 2. The van der Waals surface area contributed by atoms with E-state index in [9.17, 15) is 12.8 Å². The molecule has 0 amide bonds. The third kappa shape index (κ3) is 4.07. The number of nitrogens with zero attached hydrogens (tertiary/aromatic N) is 3. The van der Waals surface area contributed by atoms with Gasteiger partial charge in [-0.25, -0.2) is 12.8 Å². The molecule has 8 nitrogen and oxygen atoms in total. The van der Waals surface area contributed by atoms with E-state index in [1.165, 1.54) is 22.5 Å². The minimum Gasteiger partial charge on any atom is -0.490 e. The Morgan fingerprint density at radius 1 is 1.00 bits per heavy atom. The lowest BCUT2D eigenvalue weighted by atomic mass is 10.00. The summed E-state index contributed by atoms with van der Waals surface area (Å²) in [6.07, 6.45) is 2.15. The second-order valence-electron chi connectivity index (χ2n) is 7.82. The van der Waals surface area contributed by atoms with Gasteiger partial charge in [0.05, 0.1) is 24.0 Å². The summed E-state index contributed by atoms with van der Waals surface area (Å²) in [6.45, 7) is 1.67. The van der Waals surface area contributed by atoms with Gasteiger partial charge in [0, 0.05) is 31.1 Å². The molecule has 2 aliphatic heterocycles. The highest BCUT2D eigenvalue weighted by molar-refractivity contribution is 7.89. The summed E-state index contributed by atoms with van der Waals surface area (Å²) in [5, 5.41) is 3.99. The summed E-state index contributed by atoms with van der Waals surface area (Å²) in [5.74, 6) is 1.15. The Kier molecular flexibility index (Phi) is 5.56. The number of hydrogen-bond donors (Lipinski definition) is 0.